The molecule has 1 N–H and O–H groups in total. The van der Waals surface area contributed by atoms with Crippen LogP contribution in [0.3, 0.4) is 0 Å². The molecule has 1 atom stereocenters. The molecule has 2 aromatic heterocycles. The Morgan fingerprint density at radius 1 is 1.00 bits per heavy atom. The van der Waals surface area contributed by atoms with Crippen LogP contribution in [0.4, 0.5) is 5.69 Å². The van der Waals surface area contributed by atoms with E-state index in [4.69, 9.17) is 9.47 Å². The van der Waals surface area contributed by atoms with Gasteiger partial charge in [-0.2, -0.15) is 0 Å². The number of benzene rings is 2. The van der Waals surface area contributed by atoms with Crippen LogP contribution in [0.1, 0.15) is 33.4 Å². The lowest BCUT2D eigenvalue weighted by atomic mass is 10.1. The maximum absolute atomic E-state index is 13.9. The van der Waals surface area contributed by atoms with Crippen LogP contribution >= 0.6 is 23.1 Å². The van der Waals surface area contributed by atoms with E-state index in [0.717, 1.165) is 27.4 Å². The summed E-state index contributed by atoms with van der Waals surface area (Å²) < 4.78 is 10.9. The number of thiophene rings is 1. The number of amides is 2. The fraction of sp³-hybridized carbons (Fsp3) is 0.241. The number of anilines is 1. The van der Waals surface area contributed by atoms with E-state index in [2.05, 4.69) is 15.3 Å². The van der Waals surface area contributed by atoms with Gasteiger partial charge in [0.05, 0.1) is 5.75 Å². The molecule has 2 aromatic carbocycles. The van der Waals surface area contributed by atoms with Gasteiger partial charge >= 0.3 is 0 Å². The second-order valence-electron chi connectivity index (χ2n) is 9.15. The van der Waals surface area contributed by atoms with E-state index in [9.17, 15) is 9.59 Å². The van der Waals surface area contributed by atoms with Crippen LogP contribution in [0.5, 0.6) is 11.5 Å². The smallest absolute Gasteiger partial charge is 0.252 e. The first-order valence-electron chi connectivity index (χ1n) is 12.4. The minimum absolute atomic E-state index is 0.0912. The molecule has 0 radical (unpaired) electrons. The molecule has 1 unspecified atom stereocenters. The van der Waals surface area contributed by atoms with E-state index in [0.29, 0.717) is 22.3 Å². The number of hydrogen-bond donors (Lipinski definition) is 1. The molecule has 1 aliphatic rings. The first kappa shape index (κ1) is 26.7. The van der Waals surface area contributed by atoms with E-state index in [1.165, 1.54) is 23.1 Å². The fourth-order valence-corrected chi connectivity index (χ4v) is 5.99. The van der Waals surface area contributed by atoms with E-state index in [-0.39, 0.29) is 30.9 Å². The molecule has 39 heavy (non-hydrogen) atoms. The molecule has 0 spiro atoms. The molecular formula is C29H28N4O4S2. The van der Waals surface area contributed by atoms with Gasteiger partial charge in [-0.1, -0.05) is 42.1 Å². The Kier molecular flexibility index (Phi) is 8.13. The van der Waals surface area contributed by atoms with Gasteiger partial charge in [0.1, 0.15) is 6.04 Å². The maximum Gasteiger partial charge on any atom is 0.252 e. The summed E-state index contributed by atoms with van der Waals surface area (Å²) in [5.41, 5.74) is 4.26. The van der Waals surface area contributed by atoms with Gasteiger partial charge in [0.25, 0.3) is 5.91 Å². The van der Waals surface area contributed by atoms with Gasteiger partial charge in [-0.15, -0.1) is 11.3 Å². The predicted octanol–water partition coefficient (Wildman–Crippen LogP) is 5.69. The van der Waals surface area contributed by atoms with Gasteiger partial charge in [0.15, 0.2) is 16.7 Å². The zero-order valence-electron chi connectivity index (χ0n) is 21.8. The second-order valence-corrected chi connectivity index (χ2v) is 11.1. The summed E-state index contributed by atoms with van der Waals surface area (Å²) in [4.78, 5) is 39.1. The van der Waals surface area contributed by atoms with Crippen molar-refractivity contribution in [1.82, 2.24) is 14.9 Å². The molecule has 10 heteroatoms. The molecule has 0 saturated carbocycles. The summed E-state index contributed by atoms with van der Waals surface area (Å²) >= 11 is 2.71. The van der Waals surface area contributed by atoms with Gasteiger partial charge in [-0.3, -0.25) is 9.59 Å². The van der Waals surface area contributed by atoms with Crippen molar-refractivity contribution in [2.24, 2.45) is 0 Å². The quantitative estimate of drug-likeness (QED) is 0.208. The predicted molar refractivity (Wildman–Crippen MR) is 152 cm³/mol. The van der Waals surface area contributed by atoms with E-state index in [1.807, 2.05) is 68.6 Å². The Balaban J connectivity index is 1.45. The fourth-order valence-electron chi connectivity index (χ4n) is 4.32. The minimum atomic E-state index is -0.844. The molecule has 2 amide bonds. The molecule has 1 aliphatic heterocycles. The Morgan fingerprint density at radius 3 is 2.51 bits per heavy atom. The van der Waals surface area contributed by atoms with Crippen LogP contribution in [-0.2, 0) is 16.1 Å². The highest BCUT2D eigenvalue weighted by Gasteiger charge is 2.33. The van der Waals surface area contributed by atoms with Crippen molar-refractivity contribution >= 4 is 40.6 Å². The van der Waals surface area contributed by atoms with Crippen molar-refractivity contribution in [3.63, 3.8) is 0 Å². The molecule has 0 aliphatic carbocycles. The second kappa shape index (κ2) is 11.9. The Morgan fingerprint density at radius 2 is 1.77 bits per heavy atom. The van der Waals surface area contributed by atoms with Gasteiger partial charge in [-0.25, -0.2) is 9.97 Å². The molecule has 5 rings (SSSR count). The van der Waals surface area contributed by atoms with Crippen LogP contribution in [0.25, 0.3) is 0 Å². The molecule has 0 fully saturated rings. The zero-order chi connectivity index (χ0) is 27.4. The van der Waals surface area contributed by atoms with Crippen LogP contribution in [0.2, 0.25) is 0 Å². The average molecular weight is 561 g/mol. The number of nitrogens with zero attached hydrogens (tertiary/aromatic N) is 3. The van der Waals surface area contributed by atoms with Crippen molar-refractivity contribution < 1.29 is 19.1 Å². The highest BCUT2D eigenvalue weighted by molar-refractivity contribution is 7.99. The van der Waals surface area contributed by atoms with Crippen molar-refractivity contribution in [1.29, 1.82) is 0 Å². The monoisotopic (exact) mass is 560 g/mol. The molecule has 8 nitrogen and oxygen atoms in total. The lowest BCUT2D eigenvalue weighted by molar-refractivity contribution is -0.137. The first-order valence-corrected chi connectivity index (χ1v) is 14.3. The molecule has 3 heterocycles. The van der Waals surface area contributed by atoms with Gasteiger partial charge in [0.2, 0.25) is 12.7 Å². The summed E-state index contributed by atoms with van der Waals surface area (Å²) in [7, 11) is 0. The van der Waals surface area contributed by atoms with Crippen LogP contribution in [0, 0.1) is 20.8 Å². The highest BCUT2D eigenvalue weighted by atomic mass is 32.2. The molecule has 0 bridgehead atoms. The Hall–Kier alpha value is -3.89. The number of ether oxygens (including phenoxy) is 2. The number of aryl methyl sites for hydroxylation is 3. The average Bonchev–Trinajstić information content (AvgIpc) is 3.60. The molecule has 4 aromatic rings. The minimum Gasteiger partial charge on any atom is -0.454 e. The van der Waals surface area contributed by atoms with Crippen LogP contribution < -0.4 is 14.8 Å². The Labute approximate surface area is 235 Å². The van der Waals surface area contributed by atoms with Crippen molar-refractivity contribution in [2.75, 3.05) is 17.9 Å². The standard InChI is InChI=1S/C29H28N4O4S2/c1-18-7-4-5-8-21(18)15-33(26(34)16-39-29-30-19(2)13-20(3)31-29)27(25-9-6-12-38-25)28(35)32-22-10-11-23-24(14-22)37-17-36-23/h4-14,27H,15-17H2,1-3H3,(H,32,35). The van der Waals surface area contributed by atoms with Crippen molar-refractivity contribution in [2.45, 2.75) is 38.5 Å². The summed E-state index contributed by atoms with van der Waals surface area (Å²) in [5, 5.41) is 5.44. The van der Waals surface area contributed by atoms with E-state index >= 15 is 0 Å². The molecule has 0 saturated heterocycles. The topological polar surface area (TPSA) is 93.7 Å². The van der Waals surface area contributed by atoms with Crippen molar-refractivity contribution in [3.8, 4) is 11.5 Å². The Bertz CT molecular complexity index is 1470. The van der Waals surface area contributed by atoms with E-state index < -0.39 is 6.04 Å². The van der Waals surface area contributed by atoms with Crippen molar-refractivity contribution in [3.05, 3.63) is 93.4 Å². The first-order chi connectivity index (χ1) is 18.9. The van der Waals surface area contributed by atoms with Crippen LogP contribution in [-0.4, -0.2) is 39.2 Å². The summed E-state index contributed by atoms with van der Waals surface area (Å²) in [6.07, 6.45) is 0. The molecule has 200 valence electrons. The lowest BCUT2D eigenvalue weighted by Crippen LogP contribution is -2.41. The number of hydrogen-bond acceptors (Lipinski definition) is 8. The highest BCUT2D eigenvalue weighted by Crippen LogP contribution is 2.35. The number of carbonyl (C=O) groups excluding carboxylic acids is 2. The third kappa shape index (κ3) is 6.40. The number of thioether (sulfide) groups is 1. The number of fused-ring (bicyclic) bond motifs is 1. The lowest BCUT2D eigenvalue weighted by Gasteiger charge is -2.31. The normalized spacial score (nSPS) is 12.7. The van der Waals surface area contributed by atoms with Gasteiger partial charge in [-0.05, 0) is 61.5 Å². The molecular weight excluding hydrogens is 532 g/mol. The maximum atomic E-state index is 13.9. The number of nitrogens with one attached hydrogen (secondary N) is 1. The number of rotatable bonds is 9. The van der Waals surface area contributed by atoms with E-state index in [1.54, 1.807) is 23.1 Å². The number of carbonyl (C=O) groups is 2. The third-order valence-corrected chi connectivity index (χ3v) is 7.98. The van der Waals surface area contributed by atoms with Crippen LogP contribution in [0.15, 0.2) is 71.2 Å². The van der Waals surface area contributed by atoms with Gasteiger partial charge in [0, 0.05) is 34.6 Å². The third-order valence-electron chi connectivity index (χ3n) is 6.22. The summed E-state index contributed by atoms with van der Waals surface area (Å²) in [5.74, 6) is 0.785. The zero-order valence-corrected chi connectivity index (χ0v) is 23.5. The van der Waals surface area contributed by atoms with Gasteiger partial charge < -0.3 is 19.7 Å². The SMILES string of the molecule is Cc1cc(C)nc(SCC(=O)N(Cc2ccccc2C)C(C(=O)Nc2ccc3c(c2)OCO3)c2cccs2)n1. The number of aromatic nitrogens is 2. The largest absolute Gasteiger partial charge is 0.454 e. The summed E-state index contributed by atoms with van der Waals surface area (Å²) in [6, 6.07) is 17.9. The summed E-state index contributed by atoms with van der Waals surface area (Å²) in [6.45, 7) is 6.22.